The van der Waals surface area contributed by atoms with Gasteiger partial charge in [-0.15, -0.1) is 0 Å². The van der Waals surface area contributed by atoms with Gasteiger partial charge in [0, 0.05) is 16.3 Å². The van der Waals surface area contributed by atoms with Gasteiger partial charge in [-0.2, -0.15) is 0 Å². The summed E-state index contributed by atoms with van der Waals surface area (Å²) in [7, 11) is 0. The number of thiazole rings is 1. The minimum atomic E-state index is -0.986. The van der Waals surface area contributed by atoms with E-state index < -0.39 is 12.0 Å². The van der Waals surface area contributed by atoms with Gasteiger partial charge in [-0.05, 0) is 65.9 Å². The number of carboxylic acid groups (broad SMARTS) is 1. The van der Waals surface area contributed by atoms with Crippen molar-refractivity contribution in [2.45, 2.75) is 25.3 Å². The van der Waals surface area contributed by atoms with Crippen molar-refractivity contribution in [3.63, 3.8) is 0 Å². The first-order valence-electron chi connectivity index (χ1n) is 11.0. The topological polar surface area (TPSA) is 91.3 Å². The lowest BCUT2D eigenvalue weighted by Gasteiger charge is -2.14. The first-order valence-corrected chi connectivity index (χ1v) is 12.2. The van der Waals surface area contributed by atoms with E-state index in [0.717, 1.165) is 45.0 Å². The molecule has 3 N–H and O–H groups in total. The van der Waals surface area contributed by atoms with Crippen LogP contribution in [0.5, 0.6) is 0 Å². The Balaban J connectivity index is 1.24. The predicted molar refractivity (Wildman–Crippen MR) is 136 cm³/mol. The maximum atomic E-state index is 12.5. The van der Waals surface area contributed by atoms with Crippen LogP contribution >= 0.6 is 22.9 Å². The molecule has 4 aromatic rings. The number of carboxylic acids is 1. The third kappa shape index (κ3) is 5.21. The Bertz CT molecular complexity index is 1350. The maximum absolute atomic E-state index is 12.5. The van der Waals surface area contributed by atoms with Crippen molar-refractivity contribution < 1.29 is 14.7 Å². The number of nitrogens with one attached hydrogen (secondary N) is 2. The first-order chi connectivity index (χ1) is 16.4. The predicted octanol–water partition coefficient (Wildman–Crippen LogP) is 6.34. The van der Waals surface area contributed by atoms with Crippen LogP contribution in [0, 0.1) is 5.92 Å². The quantitative estimate of drug-likeness (QED) is 0.267. The normalized spacial score (nSPS) is 14.0. The number of carbonyl (C=O) groups excluding carboxylic acids is 1. The Kier molecular flexibility index (Phi) is 6.22. The number of benzene rings is 3. The van der Waals surface area contributed by atoms with Crippen LogP contribution in [0.1, 0.15) is 29.6 Å². The van der Waals surface area contributed by atoms with Gasteiger partial charge in [-0.25, -0.2) is 9.78 Å². The Morgan fingerprint density at radius 2 is 1.71 bits per heavy atom. The molecule has 1 aromatic heterocycles. The van der Waals surface area contributed by atoms with Crippen molar-refractivity contribution in [2.24, 2.45) is 5.92 Å². The lowest BCUT2D eigenvalue weighted by atomic mass is 10.0. The van der Waals surface area contributed by atoms with Crippen LogP contribution < -0.4 is 10.6 Å². The van der Waals surface area contributed by atoms with Crippen LogP contribution in [-0.4, -0.2) is 28.0 Å². The lowest BCUT2D eigenvalue weighted by Crippen LogP contribution is -2.41. The molecule has 1 fully saturated rings. The zero-order chi connectivity index (χ0) is 23.7. The second kappa shape index (κ2) is 9.44. The molecular formula is C26H22ClN3O3S. The number of hydrogen-bond acceptors (Lipinski definition) is 5. The average Bonchev–Trinajstić information content (AvgIpc) is 3.56. The fraction of sp³-hybridized carbons (Fsp3) is 0.192. The number of carbonyl (C=O) groups is 2. The highest BCUT2D eigenvalue weighted by molar-refractivity contribution is 7.22. The molecule has 1 amide bonds. The zero-order valence-corrected chi connectivity index (χ0v) is 19.7. The average molecular weight is 492 g/mol. The van der Waals surface area contributed by atoms with Crippen LogP contribution in [-0.2, 0) is 4.79 Å². The minimum absolute atomic E-state index is 0.365. The fourth-order valence-corrected chi connectivity index (χ4v) is 4.95. The van der Waals surface area contributed by atoms with Crippen molar-refractivity contribution >= 4 is 55.8 Å². The maximum Gasteiger partial charge on any atom is 0.326 e. The van der Waals surface area contributed by atoms with Gasteiger partial charge in [0.05, 0.1) is 10.2 Å². The molecule has 0 aliphatic heterocycles. The summed E-state index contributed by atoms with van der Waals surface area (Å²) in [6.07, 6.45) is 2.57. The van der Waals surface area contributed by atoms with Crippen molar-refractivity contribution in [1.29, 1.82) is 0 Å². The first kappa shape index (κ1) is 22.4. The molecule has 0 unspecified atom stereocenters. The van der Waals surface area contributed by atoms with Crippen molar-refractivity contribution in [2.75, 3.05) is 5.32 Å². The van der Waals surface area contributed by atoms with Crippen LogP contribution in [0.25, 0.3) is 21.3 Å². The van der Waals surface area contributed by atoms with E-state index in [1.165, 1.54) is 0 Å². The summed E-state index contributed by atoms with van der Waals surface area (Å²) in [6.45, 7) is 0. The van der Waals surface area contributed by atoms with Crippen LogP contribution in [0.4, 0.5) is 10.8 Å². The lowest BCUT2D eigenvalue weighted by molar-refractivity contribution is -0.139. The van der Waals surface area contributed by atoms with Crippen molar-refractivity contribution in [3.05, 3.63) is 77.3 Å². The number of rotatable bonds is 8. The van der Waals surface area contributed by atoms with E-state index in [2.05, 4.69) is 15.6 Å². The molecule has 0 radical (unpaired) electrons. The molecular weight excluding hydrogens is 470 g/mol. The SMILES string of the molecule is O=C(N[C@@H](CC1CC1)C(=O)O)c1ccc(-c2ccc(Nc3nc4ccc(Cl)cc4s3)cc2)cc1. The van der Waals surface area contributed by atoms with E-state index in [9.17, 15) is 14.7 Å². The number of anilines is 2. The third-order valence-electron chi connectivity index (χ3n) is 5.84. The van der Waals surface area contributed by atoms with Crippen molar-refractivity contribution in [1.82, 2.24) is 10.3 Å². The summed E-state index contributed by atoms with van der Waals surface area (Å²) in [4.78, 5) is 28.5. The standard InChI is InChI=1S/C26H22ClN3O3S/c27-19-9-12-21-23(14-19)34-26(30-21)28-20-10-7-17(8-11-20)16-3-5-18(6-4-16)24(31)29-22(25(32)33)13-15-1-2-15/h3-12,14-15,22H,1-2,13H2,(H,28,30)(H,29,31)(H,32,33)/t22-/m0/s1. The van der Waals surface area contributed by atoms with Gasteiger partial charge in [-0.3, -0.25) is 4.79 Å². The molecule has 8 heteroatoms. The molecule has 0 spiro atoms. The largest absolute Gasteiger partial charge is 0.480 e. The smallest absolute Gasteiger partial charge is 0.326 e. The number of aromatic nitrogens is 1. The van der Waals surface area contributed by atoms with Gasteiger partial charge in [0.2, 0.25) is 0 Å². The highest BCUT2D eigenvalue weighted by Gasteiger charge is 2.30. The monoisotopic (exact) mass is 491 g/mol. The van der Waals surface area contributed by atoms with Gasteiger partial charge in [0.1, 0.15) is 6.04 Å². The summed E-state index contributed by atoms with van der Waals surface area (Å²) in [5.74, 6) is -0.939. The molecule has 34 heavy (non-hydrogen) atoms. The second-order valence-corrected chi connectivity index (χ2v) is 9.92. The number of aliphatic carboxylic acids is 1. The van der Waals surface area contributed by atoms with Crippen LogP contribution in [0.2, 0.25) is 5.02 Å². The molecule has 0 saturated heterocycles. The zero-order valence-electron chi connectivity index (χ0n) is 18.1. The van der Waals surface area contributed by atoms with Crippen LogP contribution in [0.3, 0.4) is 0 Å². The van der Waals surface area contributed by atoms with Gasteiger partial charge in [0.15, 0.2) is 5.13 Å². The van der Waals surface area contributed by atoms with Gasteiger partial charge >= 0.3 is 5.97 Å². The number of fused-ring (bicyclic) bond motifs is 1. The van der Waals surface area contributed by atoms with E-state index >= 15 is 0 Å². The Hall–Kier alpha value is -3.42. The summed E-state index contributed by atoms with van der Waals surface area (Å²) < 4.78 is 1.03. The summed E-state index contributed by atoms with van der Waals surface area (Å²) >= 11 is 7.60. The molecule has 1 heterocycles. The Labute approximate surface area is 205 Å². The molecule has 172 valence electrons. The van der Waals surface area contributed by atoms with E-state index in [1.807, 2.05) is 54.6 Å². The van der Waals surface area contributed by atoms with E-state index in [0.29, 0.717) is 22.9 Å². The number of halogens is 1. The Morgan fingerprint density at radius 3 is 2.35 bits per heavy atom. The van der Waals surface area contributed by atoms with Gasteiger partial charge in [-0.1, -0.05) is 60.0 Å². The van der Waals surface area contributed by atoms with E-state index in [4.69, 9.17) is 11.6 Å². The number of hydrogen-bond donors (Lipinski definition) is 3. The Morgan fingerprint density at radius 1 is 1.03 bits per heavy atom. The molecule has 5 rings (SSSR count). The highest BCUT2D eigenvalue weighted by atomic mass is 35.5. The van der Waals surface area contributed by atoms with E-state index in [1.54, 1.807) is 23.5 Å². The summed E-state index contributed by atoms with van der Waals surface area (Å²) in [5.41, 5.74) is 4.23. The molecule has 1 atom stereocenters. The van der Waals surface area contributed by atoms with Gasteiger partial charge in [0.25, 0.3) is 5.91 Å². The molecule has 1 saturated carbocycles. The van der Waals surface area contributed by atoms with Crippen LogP contribution in [0.15, 0.2) is 66.7 Å². The molecule has 1 aliphatic rings. The minimum Gasteiger partial charge on any atom is -0.480 e. The van der Waals surface area contributed by atoms with E-state index in [-0.39, 0.29) is 5.91 Å². The van der Waals surface area contributed by atoms with Crippen molar-refractivity contribution in [3.8, 4) is 11.1 Å². The fourth-order valence-electron chi connectivity index (χ4n) is 3.79. The number of amides is 1. The molecule has 3 aromatic carbocycles. The molecule has 1 aliphatic carbocycles. The number of nitrogens with zero attached hydrogens (tertiary/aromatic N) is 1. The molecule has 6 nitrogen and oxygen atoms in total. The molecule has 0 bridgehead atoms. The third-order valence-corrected chi connectivity index (χ3v) is 7.01. The van der Waals surface area contributed by atoms with Gasteiger partial charge < -0.3 is 15.7 Å². The highest BCUT2D eigenvalue weighted by Crippen LogP contribution is 2.34. The second-order valence-electron chi connectivity index (χ2n) is 8.45. The summed E-state index contributed by atoms with van der Waals surface area (Å²) in [6, 6.07) is 19.9. The summed E-state index contributed by atoms with van der Waals surface area (Å²) in [5, 5.41) is 16.8.